The molecule has 1 aliphatic heterocycles. The average Bonchev–Trinajstić information content (AvgIpc) is 3.33. The quantitative estimate of drug-likeness (QED) is 0.322. The van der Waals surface area contributed by atoms with Crippen molar-refractivity contribution < 1.29 is 37.1 Å². The molecule has 0 bridgehead atoms. The van der Waals surface area contributed by atoms with Gasteiger partial charge in [-0.15, -0.1) is 0 Å². The first-order valence-corrected chi connectivity index (χ1v) is 15.6. The molecule has 4 rings (SSSR count). The molecule has 2 aromatic carbocycles. The molecule has 1 aliphatic rings. The van der Waals surface area contributed by atoms with Crippen LogP contribution in [0.15, 0.2) is 51.9 Å². The van der Waals surface area contributed by atoms with Crippen LogP contribution in [-0.2, 0) is 21.2 Å². The average molecular weight is 630 g/mol. The lowest BCUT2D eigenvalue weighted by molar-refractivity contribution is -0.134. The Balaban J connectivity index is 1.62. The van der Waals surface area contributed by atoms with Crippen LogP contribution < -0.4 is 19.5 Å². The van der Waals surface area contributed by atoms with Gasteiger partial charge in [0.1, 0.15) is 29.0 Å². The second kappa shape index (κ2) is 13.6. The summed E-state index contributed by atoms with van der Waals surface area (Å²) >= 11 is 0. The van der Waals surface area contributed by atoms with Crippen molar-refractivity contribution >= 4 is 33.3 Å². The fourth-order valence-corrected chi connectivity index (χ4v) is 5.95. The van der Waals surface area contributed by atoms with Gasteiger partial charge in [-0.3, -0.25) is 9.52 Å². The molecule has 0 saturated heterocycles. The molecule has 0 aliphatic carbocycles. The van der Waals surface area contributed by atoms with Crippen molar-refractivity contribution in [1.29, 1.82) is 0 Å². The van der Waals surface area contributed by atoms with Gasteiger partial charge >= 0.3 is 6.03 Å². The number of aromatic nitrogens is 1. The minimum atomic E-state index is -3.94. The summed E-state index contributed by atoms with van der Waals surface area (Å²) in [5.41, 5.74) is 1.75. The number of urea groups is 1. The summed E-state index contributed by atoms with van der Waals surface area (Å²) in [7, 11) is -0.815. The Morgan fingerprint density at radius 3 is 2.55 bits per heavy atom. The van der Waals surface area contributed by atoms with E-state index in [9.17, 15) is 23.1 Å². The topological polar surface area (TPSA) is 164 Å². The summed E-state index contributed by atoms with van der Waals surface area (Å²) in [6.07, 6.45) is -0.644. The molecule has 14 heteroatoms. The van der Waals surface area contributed by atoms with Crippen LogP contribution in [0.25, 0.3) is 0 Å². The Morgan fingerprint density at radius 2 is 1.93 bits per heavy atom. The van der Waals surface area contributed by atoms with Crippen LogP contribution in [0.5, 0.6) is 11.5 Å². The van der Waals surface area contributed by atoms with Gasteiger partial charge in [0.2, 0.25) is 5.91 Å². The van der Waals surface area contributed by atoms with Crippen LogP contribution in [0.3, 0.4) is 0 Å². The summed E-state index contributed by atoms with van der Waals surface area (Å²) in [5.74, 6) is 0.899. The number of hydrogen-bond acceptors (Lipinski definition) is 9. The molecule has 44 heavy (non-hydrogen) atoms. The van der Waals surface area contributed by atoms with Gasteiger partial charge in [-0.05, 0) is 63.2 Å². The zero-order chi connectivity index (χ0) is 32.2. The number of likely N-dealkylation sites (N-methyl/N-ethyl adjacent to an activating group) is 1. The molecular formula is C30H39N5O8S. The van der Waals surface area contributed by atoms with Gasteiger partial charge in [-0.25, -0.2) is 13.2 Å². The summed E-state index contributed by atoms with van der Waals surface area (Å²) in [4.78, 5) is 29.7. The molecule has 0 spiro atoms. The predicted octanol–water partition coefficient (Wildman–Crippen LogP) is 3.41. The van der Waals surface area contributed by atoms with E-state index in [1.807, 2.05) is 6.92 Å². The first-order valence-electron chi connectivity index (χ1n) is 14.1. The summed E-state index contributed by atoms with van der Waals surface area (Å²) in [6, 6.07) is 9.85. The van der Waals surface area contributed by atoms with Gasteiger partial charge in [0.25, 0.3) is 10.0 Å². The van der Waals surface area contributed by atoms with Gasteiger partial charge in [0.05, 0.1) is 37.6 Å². The minimum Gasteiger partial charge on any atom is -0.497 e. The van der Waals surface area contributed by atoms with Crippen LogP contribution in [0.1, 0.15) is 30.9 Å². The van der Waals surface area contributed by atoms with Crippen LogP contribution in [0, 0.1) is 19.8 Å². The van der Waals surface area contributed by atoms with Gasteiger partial charge in [-0.2, -0.15) is 0 Å². The maximum atomic E-state index is 13.5. The molecule has 0 fully saturated rings. The second-order valence-electron chi connectivity index (χ2n) is 11.0. The van der Waals surface area contributed by atoms with Gasteiger partial charge in [0.15, 0.2) is 5.76 Å². The maximum absolute atomic E-state index is 13.5. The number of rotatable bonds is 9. The standard InChI is InChI=1S/C30H39N5O8S/c1-18-15-35(19(2)17-36)28(37)14-22-13-23(33-44(39,40)25-10-8-24(41-6)9-11-25)7-12-26(22)42-27(18)16-34(5)30(38)31-29-20(3)32-43-21(29)4/h7-13,18-19,27,33,36H,14-17H2,1-6H3,(H,31,38)/t18-,19+,27+/m0/s1. The van der Waals surface area contributed by atoms with Crippen molar-refractivity contribution in [3.05, 3.63) is 59.5 Å². The molecule has 3 amide bonds. The van der Waals surface area contributed by atoms with Gasteiger partial charge < -0.3 is 34.2 Å². The molecule has 238 valence electrons. The third kappa shape index (κ3) is 7.42. The molecule has 3 N–H and O–H groups in total. The van der Waals surface area contributed by atoms with Crippen molar-refractivity contribution in [1.82, 2.24) is 15.0 Å². The Kier molecular flexibility index (Phi) is 10.0. The lowest BCUT2D eigenvalue weighted by Gasteiger charge is -2.34. The molecule has 13 nitrogen and oxygen atoms in total. The third-order valence-electron chi connectivity index (χ3n) is 7.60. The van der Waals surface area contributed by atoms with E-state index in [0.29, 0.717) is 34.2 Å². The zero-order valence-electron chi connectivity index (χ0n) is 25.7. The van der Waals surface area contributed by atoms with Crippen LogP contribution >= 0.6 is 0 Å². The van der Waals surface area contributed by atoms with E-state index in [-0.39, 0.29) is 48.5 Å². The fourth-order valence-electron chi connectivity index (χ4n) is 4.90. The van der Waals surface area contributed by atoms with E-state index in [4.69, 9.17) is 14.0 Å². The number of methoxy groups -OCH3 is 1. The predicted molar refractivity (Wildman–Crippen MR) is 163 cm³/mol. The number of aryl methyl sites for hydroxylation is 2. The maximum Gasteiger partial charge on any atom is 0.321 e. The number of nitrogens with one attached hydrogen (secondary N) is 2. The summed E-state index contributed by atoms with van der Waals surface area (Å²) in [6.45, 7) is 7.30. The van der Waals surface area contributed by atoms with Gasteiger partial charge in [0, 0.05) is 30.8 Å². The molecule has 0 unspecified atom stereocenters. The zero-order valence-corrected chi connectivity index (χ0v) is 26.5. The smallest absolute Gasteiger partial charge is 0.321 e. The highest BCUT2D eigenvalue weighted by molar-refractivity contribution is 7.92. The number of fused-ring (bicyclic) bond motifs is 1. The largest absolute Gasteiger partial charge is 0.497 e. The molecule has 0 radical (unpaired) electrons. The van der Waals surface area contributed by atoms with Crippen LogP contribution in [0.4, 0.5) is 16.2 Å². The number of ether oxygens (including phenoxy) is 2. The highest BCUT2D eigenvalue weighted by atomic mass is 32.2. The summed E-state index contributed by atoms with van der Waals surface area (Å²) < 4.78 is 45.5. The van der Waals surface area contributed by atoms with Crippen LogP contribution in [-0.4, -0.2) is 86.4 Å². The molecule has 3 atom stereocenters. The number of amides is 3. The van der Waals surface area contributed by atoms with E-state index in [2.05, 4.69) is 15.2 Å². The van der Waals surface area contributed by atoms with Crippen LogP contribution in [0.2, 0.25) is 0 Å². The van der Waals surface area contributed by atoms with E-state index in [1.165, 1.54) is 24.1 Å². The highest BCUT2D eigenvalue weighted by Crippen LogP contribution is 2.30. The lowest BCUT2D eigenvalue weighted by Crippen LogP contribution is -2.48. The first-order chi connectivity index (χ1) is 20.8. The lowest BCUT2D eigenvalue weighted by atomic mass is 10.0. The number of nitrogens with zero attached hydrogens (tertiary/aromatic N) is 3. The number of aliphatic hydroxyl groups excluding tert-OH is 1. The summed E-state index contributed by atoms with van der Waals surface area (Å²) in [5, 5.41) is 16.6. The van der Waals surface area contributed by atoms with Crippen molar-refractivity contribution in [2.75, 3.05) is 43.9 Å². The Morgan fingerprint density at radius 1 is 1.23 bits per heavy atom. The normalized spacial score (nSPS) is 17.8. The molecule has 3 aromatic rings. The van der Waals surface area contributed by atoms with Crippen molar-refractivity contribution in [3.63, 3.8) is 0 Å². The van der Waals surface area contributed by atoms with E-state index >= 15 is 0 Å². The number of benzene rings is 2. The number of aliphatic hydroxyl groups is 1. The van der Waals surface area contributed by atoms with Crippen molar-refractivity contribution in [2.24, 2.45) is 5.92 Å². The van der Waals surface area contributed by atoms with E-state index in [0.717, 1.165) is 0 Å². The van der Waals surface area contributed by atoms with Crippen molar-refractivity contribution in [3.8, 4) is 11.5 Å². The minimum absolute atomic E-state index is 0.0453. The second-order valence-corrected chi connectivity index (χ2v) is 12.7. The Labute approximate surface area is 257 Å². The first kappa shape index (κ1) is 32.6. The monoisotopic (exact) mass is 629 g/mol. The van der Waals surface area contributed by atoms with E-state index in [1.54, 1.807) is 63.1 Å². The molecule has 2 heterocycles. The molecular weight excluding hydrogens is 590 g/mol. The third-order valence-corrected chi connectivity index (χ3v) is 9.00. The Bertz CT molecular complexity index is 1570. The Hall–Kier alpha value is -4.30. The molecule has 0 saturated carbocycles. The van der Waals surface area contributed by atoms with E-state index < -0.39 is 28.2 Å². The van der Waals surface area contributed by atoms with Crippen molar-refractivity contribution in [2.45, 2.75) is 51.2 Å². The highest BCUT2D eigenvalue weighted by Gasteiger charge is 2.32. The number of hydrogen-bond donors (Lipinski definition) is 3. The number of anilines is 2. The number of sulfonamides is 1. The number of carbonyl (C=O) groups excluding carboxylic acids is 2. The van der Waals surface area contributed by atoms with Gasteiger partial charge in [-0.1, -0.05) is 12.1 Å². The molecule has 1 aromatic heterocycles. The SMILES string of the molecule is COc1ccc(S(=O)(=O)Nc2ccc3c(c2)CC(=O)N([C@H](C)CO)C[C@H](C)[C@@H](CN(C)C(=O)Nc2c(C)noc2C)O3)cc1. The number of carbonyl (C=O) groups is 2. The fraction of sp³-hybridized carbons (Fsp3) is 0.433.